The summed E-state index contributed by atoms with van der Waals surface area (Å²) in [7, 11) is 6.41. The Morgan fingerprint density at radius 1 is 0.879 bits per heavy atom. The average Bonchev–Trinajstić information content (AvgIpc) is 3.31. The van der Waals surface area contributed by atoms with E-state index in [4.69, 9.17) is 0 Å². The van der Waals surface area contributed by atoms with Gasteiger partial charge < -0.3 is 28.1 Å². The Kier molecular flexibility index (Phi) is 17.8. The maximum atomic E-state index is 10.8. The number of likely N-dealkylation sites (N-methyl/N-ethyl adjacent to an activating group) is 2. The maximum Gasteiger partial charge on any atom is 1.00 e. The molecule has 8 nitrogen and oxygen atoms in total. The summed E-state index contributed by atoms with van der Waals surface area (Å²) in [5.74, 6) is 2.02. The van der Waals surface area contributed by atoms with E-state index in [0.717, 1.165) is 79.6 Å². The minimum atomic E-state index is 0. The van der Waals surface area contributed by atoms with Crippen molar-refractivity contribution in [2.75, 3.05) is 39.2 Å². The van der Waals surface area contributed by atoms with Crippen molar-refractivity contribution >= 4 is 35.2 Å². The molecule has 33 heavy (non-hydrogen) atoms. The number of imidazole rings is 2. The van der Waals surface area contributed by atoms with Crippen LogP contribution in [0.3, 0.4) is 0 Å². The van der Waals surface area contributed by atoms with E-state index in [1.165, 1.54) is 0 Å². The molecule has 0 spiro atoms. The molecule has 2 aliphatic heterocycles. The number of hydrogen-bond donors (Lipinski definition) is 0. The standard InChI is InChI=1S/C11H17N3O.C10H14N3O.CH3I.2Rb/c1-4-11-12-9(8-15)10-7-14(2,3)6-5-13(10)11;1-3-10-11-8(7-14)9-6-12(2)4-5-13(9)10;1-2;;/h4-7H2,1-3H3;3-6H2,1-2H3;1H3;;/q;-1;;2*+1. The number of aromatic nitrogens is 4. The fourth-order valence-corrected chi connectivity index (χ4v) is 4.09. The molecule has 0 aliphatic carbocycles. The zero-order valence-corrected chi connectivity index (χ0v) is 33.5. The Hall–Kier alpha value is 2.02. The normalized spacial score (nSPS) is 15.7. The van der Waals surface area contributed by atoms with Gasteiger partial charge >= 0.3 is 116 Å². The first-order valence-electron chi connectivity index (χ1n) is 10.6. The van der Waals surface area contributed by atoms with Crippen LogP contribution in [0.5, 0.6) is 0 Å². The predicted molar refractivity (Wildman–Crippen MR) is 130 cm³/mol. The summed E-state index contributed by atoms with van der Waals surface area (Å²) >= 11 is 2.15. The molecule has 2 aromatic rings. The van der Waals surface area contributed by atoms with E-state index in [1.54, 1.807) is 0 Å². The van der Waals surface area contributed by atoms with Crippen LogP contribution in [0, 0.1) is 0 Å². The van der Waals surface area contributed by atoms with Crippen molar-refractivity contribution in [2.24, 2.45) is 0 Å². The van der Waals surface area contributed by atoms with Gasteiger partial charge in [0.05, 0.1) is 45.4 Å². The van der Waals surface area contributed by atoms with Crippen LogP contribution in [-0.2, 0) is 48.6 Å². The van der Waals surface area contributed by atoms with E-state index < -0.39 is 0 Å². The molecule has 11 heteroatoms. The molecule has 0 radical (unpaired) electrons. The second kappa shape index (κ2) is 16.8. The molecule has 0 N–H and O–H groups in total. The zero-order chi connectivity index (χ0) is 23.2. The Labute approximate surface area is 310 Å². The predicted octanol–water partition coefficient (Wildman–Crippen LogP) is -4.10. The Balaban J connectivity index is 0.000000547. The molecular weight excluding hydrogens is 678 g/mol. The Morgan fingerprint density at radius 2 is 1.36 bits per heavy atom. The van der Waals surface area contributed by atoms with E-state index in [1.807, 2.05) is 17.5 Å². The molecule has 0 aromatic carbocycles. The van der Waals surface area contributed by atoms with Crippen molar-refractivity contribution in [1.82, 2.24) is 24.0 Å². The average molecular weight is 712 g/mol. The van der Waals surface area contributed by atoms with Crippen molar-refractivity contribution in [3.8, 4) is 0 Å². The van der Waals surface area contributed by atoms with Gasteiger partial charge in [-0.2, -0.15) is 0 Å². The second-order valence-corrected chi connectivity index (χ2v) is 8.42. The third-order valence-corrected chi connectivity index (χ3v) is 5.76. The SMILES string of the molecule is CCc1nc([C-]=O)c2n1CCN(C)C2.CCc1nc([C-]=O)c2n1CC[N+](C)(C)C2.CI.[Rb+].[Rb+]. The summed E-state index contributed by atoms with van der Waals surface area (Å²) in [6, 6.07) is 0. The number of hydrogen-bond acceptors (Lipinski definition) is 5. The summed E-state index contributed by atoms with van der Waals surface area (Å²) in [5.41, 5.74) is 3.08. The third kappa shape index (κ3) is 9.07. The molecule has 2 aliphatic rings. The number of fused-ring (bicyclic) bond motifs is 2. The molecule has 2 aromatic heterocycles. The smallest absolute Gasteiger partial charge is 0.417 e. The van der Waals surface area contributed by atoms with Crippen molar-refractivity contribution in [1.29, 1.82) is 0 Å². The van der Waals surface area contributed by atoms with Crippen LogP contribution in [0.4, 0.5) is 0 Å². The number of rotatable bonds is 4. The van der Waals surface area contributed by atoms with Crippen LogP contribution >= 0.6 is 22.6 Å². The van der Waals surface area contributed by atoms with Gasteiger partial charge in [-0.15, -0.1) is 0 Å². The van der Waals surface area contributed by atoms with Crippen LogP contribution in [0.25, 0.3) is 0 Å². The zero-order valence-electron chi connectivity index (χ0n) is 21.5. The molecule has 4 heterocycles. The fraction of sp³-hybridized carbons (Fsp3) is 0.636. The van der Waals surface area contributed by atoms with Gasteiger partial charge in [-0.3, -0.25) is 9.97 Å². The molecule has 0 saturated heterocycles. The van der Waals surface area contributed by atoms with Gasteiger partial charge in [0, 0.05) is 38.5 Å². The molecule has 0 saturated carbocycles. The van der Waals surface area contributed by atoms with Crippen molar-refractivity contribution in [2.45, 2.75) is 52.9 Å². The topological polar surface area (TPSA) is 73.0 Å². The molecule has 0 atom stereocenters. The molecular formula is C22H34IN6O2Rb2+. The summed E-state index contributed by atoms with van der Waals surface area (Å²) in [5, 5.41) is 0. The molecule has 0 amide bonds. The monoisotopic (exact) mass is 711 g/mol. The number of alkyl halides is 1. The van der Waals surface area contributed by atoms with E-state index in [-0.39, 0.29) is 116 Å². The number of halogens is 1. The first-order valence-corrected chi connectivity index (χ1v) is 12.8. The number of carbonyl (C=O) groups excluding carboxylic acids is 2. The second-order valence-electron chi connectivity index (χ2n) is 8.42. The first kappa shape index (κ1) is 35.0. The van der Waals surface area contributed by atoms with Crippen molar-refractivity contribution in [3.05, 3.63) is 34.4 Å². The molecule has 0 unspecified atom stereocenters. The Morgan fingerprint density at radius 3 is 1.85 bits per heavy atom. The fourth-order valence-electron chi connectivity index (χ4n) is 4.09. The molecule has 0 bridgehead atoms. The van der Waals surface area contributed by atoms with Gasteiger partial charge in [0.1, 0.15) is 0 Å². The van der Waals surface area contributed by atoms with Crippen LogP contribution in [0.2, 0.25) is 0 Å². The molecule has 0 fully saturated rings. The molecule has 4 rings (SSSR count). The van der Waals surface area contributed by atoms with Crippen LogP contribution in [0.1, 0.15) is 48.3 Å². The van der Waals surface area contributed by atoms with Crippen molar-refractivity contribution < 1.29 is 130 Å². The van der Waals surface area contributed by atoms with Crippen molar-refractivity contribution in [3.63, 3.8) is 0 Å². The van der Waals surface area contributed by atoms with Crippen LogP contribution in [-0.4, -0.2) is 80.2 Å². The Bertz CT molecular complexity index is 913. The van der Waals surface area contributed by atoms with Gasteiger partial charge in [0.15, 0.2) is 0 Å². The minimum Gasteiger partial charge on any atom is -0.417 e. The number of aryl methyl sites for hydroxylation is 2. The number of quaternary nitrogens is 1. The maximum absolute atomic E-state index is 10.8. The largest absolute Gasteiger partial charge is 1.00 e. The van der Waals surface area contributed by atoms with Gasteiger partial charge in [-0.1, -0.05) is 42.1 Å². The summed E-state index contributed by atoms with van der Waals surface area (Å²) in [4.78, 5) is 34.3. The van der Waals surface area contributed by atoms with Gasteiger partial charge in [-0.05, 0) is 35.6 Å². The number of nitrogens with zero attached hydrogens (tertiary/aromatic N) is 6. The summed E-state index contributed by atoms with van der Waals surface area (Å²) < 4.78 is 5.26. The van der Waals surface area contributed by atoms with E-state index in [0.29, 0.717) is 11.4 Å². The van der Waals surface area contributed by atoms with E-state index >= 15 is 0 Å². The first-order chi connectivity index (χ1) is 14.8. The van der Waals surface area contributed by atoms with E-state index in [9.17, 15) is 9.59 Å². The molecule has 172 valence electrons. The summed E-state index contributed by atoms with van der Waals surface area (Å²) in [6.07, 6.45) is 5.63. The van der Waals surface area contributed by atoms with Crippen LogP contribution in [0.15, 0.2) is 0 Å². The van der Waals surface area contributed by atoms with E-state index in [2.05, 4.69) is 81.6 Å². The minimum absolute atomic E-state index is 0. The van der Waals surface area contributed by atoms with Crippen LogP contribution < -0.4 is 116 Å². The quantitative estimate of drug-likeness (QED) is 0.140. The van der Waals surface area contributed by atoms with Gasteiger partial charge in [0.25, 0.3) is 0 Å². The third-order valence-electron chi connectivity index (χ3n) is 5.76. The van der Waals surface area contributed by atoms with Gasteiger partial charge in [-0.25, -0.2) is 0 Å². The summed E-state index contributed by atoms with van der Waals surface area (Å²) in [6.45, 7) is 9.81. The van der Waals surface area contributed by atoms with Gasteiger partial charge in [0.2, 0.25) is 0 Å².